The summed E-state index contributed by atoms with van der Waals surface area (Å²) in [6, 6.07) is 85.7. The third kappa shape index (κ3) is 5.02. The summed E-state index contributed by atoms with van der Waals surface area (Å²) in [4.78, 5) is 4.89. The Morgan fingerprint density at radius 2 is 0.734 bits per heavy atom. The van der Waals surface area contributed by atoms with Gasteiger partial charge in [0, 0.05) is 39.2 Å². The number of para-hydroxylation sites is 3. The molecule has 13 rings (SSSR count). The van der Waals surface area contributed by atoms with Gasteiger partial charge in [-0.3, -0.25) is 0 Å². The molecule has 0 bridgehead atoms. The Morgan fingerprint density at radius 3 is 1.39 bits per heavy atom. The summed E-state index contributed by atoms with van der Waals surface area (Å²) in [6.07, 6.45) is 0. The van der Waals surface area contributed by atoms with Crippen molar-refractivity contribution in [1.29, 1.82) is 0 Å². The highest BCUT2D eigenvalue weighted by Gasteiger charge is 2.52. The topological polar surface area (TPSA) is 6.48 Å². The second-order valence-corrected chi connectivity index (χ2v) is 18.0. The van der Waals surface area contributed by atoms with Crippen molar-refractivity contribution in [2.24, 2.45) is 0 Å². The second-order valence-electron chi connectivity index (χ2n) is 18.0. The van der Waals surface area contributed by atoms with Crippen LogP contribution >= 0.6 is 0 Å². The Hall–Kier alpha value is -7.94. The first-order chi connectivity index (χ1) is 31.5. The highest BCUT2D eigenvalue weighted by atomic mass is 15.1. The summed E-state index contributed by atoms with van der Waals surface area (Å²) in [6.45, 7) is 4.75. The number of anilines is 6. The Bertz CT molecular complexity index is 3440. The van der Waals surface area contributed by atoms with Crippen molar-refractivity contribution in [2.75, 3.05) is 9.80 Å². The van der Waals surface area contributed by atoms with Crippen molar-refractivity contribution in [3.05, 3.63) is 264 Å². The summed E-state index contributed by atoms with van der Waals surface area (Å²) in [5.74, 6) is 0. The summed E-state index contributed by atoms with van der Waals surface area (Å²) < 4.78 is 0. The van der Waals surface area contributed by atoms with E-state index in [1.807, 2.05) is 0 Å². The van der Waals surface area contributed by atoms with Crippen LogP contribution in [0.4, 0.5) is 34.1 Å². The summed E-state index contributed by atoms with van der Waals surface area (Å²) >= 11 is 0. The van der Waals surface area contributed by atoms with Crippen LogP contribution in [0.25, 0.3) is 44.2 Å². The maximum Gasteiger partial charge on any atom is 0.0726 e. The second kappa shape index (κ2) is 13.8. The van der Waals surface area contributed by atoms with Crippen LogP contribution in [-0.2, 0) is 10.8 Å². The van der Waals surface area contributed by atoms with Crippen LogP contribution in [0.3, 0.4) is 0 Å². The summed E-state index contributed by atoms with van der Waals surface area (Å²) in [7, 11) is 0. The van der Waals surface area contributed by atoms with Gasteiger partial charge in [-0.25, -0.2) is 0 Å². The smallest absolute Gasteiger partial charge is 0.0726 e. The fraction of sp³-hybridized carbons (Fsp3) is 0.0645. The molecule has 10 aromatic carbocycles. The zero-order chi connectivity index (χ0) is 42.6. The predicted octanol–water partition coefficient (Wildman–Crippen LogP) is 16.4. The van der Waals surface area contributed by atoms with E-state index in [4.69, 9.17) is 0 Å². The van der Waals surface area contributed by atoms with Gasteiger partial charge in [0.2, 0.25) is 0 Å². The molecule has 0 radical (unpaired) electrons. The number of hydrogen-bond donors (Lipinski definition) is 0. The molecule has 3 aliphatic carbocycles. The van der Waals surface area contributed by atoms with Gasteiger partial charge in [-0.2, -0.15) is 0 Å². The zero-order valence-electron chi connectivity index (χ0n) is 35.8. The Labute approximate surface area is 375 Å². The van der Waals surface area contributed by atoms with Gasteiger partial charge in [-0.15, -0.1) is 0 Å². The SMILES string of the molecule is CC1(C)c2ccccc2-c2ccc(N(c3ccccc3)c3cc4c(c5ccccc35)-c3ccccc3C43c4ccccc4-c4cc(N(c5ccccc5)c5ccccc5)ccc43)cc21. The molecule has 2 nitrogen and oxygen atoms in total. The molecule has 1 atom stereocenters. The monoisotopic (exact) mass is 816 g/mol. The molecule has 0 fully saturated rings. The molecule has 0 saturated heterocycles. The number of benzene rings is 10. The lowest BCUT2D eigenvalue weighted by molar-refractivity contribution is 0.660. The standard InChI is InChI=1S/C62H44N2/c1-61(2)53-31-17-14-26-46(53)48-36-34-45(39-57(48)61)64(43-24-10-5-11-25-43)59-40-58-60(50-29-13-12-28-49(50)59)51-30-16-19-33-55(51)62(58)54-32-18-15-27-47(54)52-38-44(35-37-56(52)62)63(41-20-6-3-7-21-41)42-22-8-4-9-23-42/h3-40H,1-2H3. The lowest BCUT2D eigenvalue weighted by Gasteiger charge is -2.33. The van der Waals surface area contributed by atoms with Gasteiger partial charge < -0.3 is 9.80 Å². The Balaban J connectivity index is 1.09. The van der Waals surface area contributed by atoms with Crippen molar-refractivity contribution >= 4 is 44.9 Å². The van der Waals surface area contributed by atoms with E-state index in [1.54, 1.807) is 0 Å². The minimum absolute atomic E-state index is 0.136. The fourth-order valence-electron chi connectivity index (χ4n) is 11.7. The molecule has 1 unspecified atom stereocenters. The summed E-state index contributed by atoms with van der Waals surface area (Å²) in [5, 5.41) is 2.49. The molecule has 3 aliphatic rings. The van der Waals surface area contributed by atoms with Crippen molar-refractivity contribution in [2.45, 2.75) is 24.7 Å². The average Bonchev–Trinajstić information content (AvgIpc) is 3.91. The zero-order valence-corrected chi connectivity index (χ0v) is 35.8. The molecule has 0 amide bonds. The Morgan fingerprint density at radius 1 is 0.281 bits per heavy atom. The fourth-order valence-corrected chi connectivity index (χ4v) is 11.7. The predicted molar refractivity (Wildman–Crippen MR) is 267 cm³/mol. The molecular weight excluding hydrogens is 773 g/mol. The number of nitrogens with zero attached hydrogens (tertiary/aromatic N) is 2. The van der Waals surface area contributed by atoms with E-state index in [0.29, 0.717) is 0 Å². The van der Waals surface area contributed by atoms with Crippen molar-refractivity contribution in [1.82, 2.24) is 0 Å². The Kier molecular flexibility index (Phi) is 7.90. The maximum atomic E-state index is 2.55. The number of rotatable bonds is 6. The van der Waals surface area contributed by atoms with Gasteiger partial charge in [-0.05, 0) is 139 Å². The van der Waals surface area contributed by atoms with Crippen molar-refractivity contribution in [3.63, 3.8) is 0 Å². The van der Waals surface area contributed by atoms with E-state index in [-0.39, 0.29) is 5.41 Å². The van der Waals surface area contributed by atoms with Crippen LogP contribution in [0.5, 0.6) is 0 Å². The number of fused-ring (bicyclic) bond motifs is 15. The molecule has 1 spiro atoms. The third-order valence-electron chi connectivity index (χ3n) is 14.4. The van der Waals surface area contributed by atoms with E-state index >= 15 is 0 Å². The van der Waals surface area contributed by atoms with Gasteiger partial charge >= 0.3 is 0 Å². The lowest BCUT2D eigenvalue weighted by Crippen LogP contribution is -2.26. The number of hydrogen-bond acceptors (Lipinski definition) is 2. The molecule has 64 heavy (non-hydrogen) atoms. The van der Waals surface area contributed by atoms with E-state index < -0.39 is 5.41 Å². The minimum atomic E-state index is -0.552. The van der Waals surface area contributed by atoms with Crippen molar-refractivity contribution < 1.29 is 0 Å². The van der Waals surface area contributed by atoms with E-state index in [2.05, 4.69) is 254 Å². The molecule has 0 N–H and O–H groups in total. The van der Waals surface area contributed by atoms with Gasteiger partial charge in [0.1, 0.15) is 0 Å². The van der Waals surface area contributed by atoms with Crippen LogP contribution in [0.2, 0.25) is 0 Å². The first-order valence-corrected chi connectivity index (χ1v) is 22.4. The molecule has 0 aromatic heterocycles. The molecule has 2 heteroatoms. The quantitative estimate of drug-likeness (QED) is 0.165. The van der Waals surface area contributed by atoms with Crippen LogP contribution in [0.1, 0.15) is 47.2 Å². The van der Waals surface area contributed by atoms with E-state index in [0.717, 1.165) is 28.4 Å². The molecule has 10 aromatic rings. The third-order valence-corrected chi connectivity index (χ3v) is 14.4. The average molecular weight is 817 g/mol. The molecular formula is C62H44N2. The first kappa shape index (κ1) is 36.7. The highest BCUT2D eigenvalue weighted by Crippen LogP contribution is 2.65. The normalized spacial score (nSPS) is 15.5. The van der Waals surface area contributed by atoms with Gasteiger partial charge in [0.15, 0.2) is 0 Å². The molecule has 0 aliphatic heterocycles. The van der Waals surface area contributed by atoms with Gasteiger partial charge in [0.05, 0.1) is 11.1 Å². The molecule has 0 heterocycles. The van der Waals surface area contributed by atoms with Crippen LogP contribution in [0, 0.1) is 0 Å². The van der Waals surface area contributed by atoms with Crippen molar-refractivity contribution in [3.8, 4) is 33.4 Å². The van der Waals surface area contributed by atoms with E-state index in [9.17, 15) is 0 Å². The maximum absolute atomic E-state index is 2.55. The van der Waals surface area contributed by atoms with Gasteiger partial charge in [0.25, 0.3) is 0 Å². The minimum Gasteiger partial charge on any atom is -0.310 e. The van der Waals surface area contributed by atoms with E-state index in [1.165, 1.54) is 83.2 Å². The lowest BCUT2D eigenvalue weighted by atomic mass is 9.70. The largest absolute Gasteiger partial charge is 0.310 e. The van der Waals surface area contributed by atoms with Gasteiger partial charge in [-0.1, -0.05) is 178 Å². The molecule has 302 valence electrons. The van der Waals surface area contributed by atoms with Crippen LogP contribution in [-0.4, -0.2) is 0 Å². The highest BCUT2D eigenvalue weighted by molar-refractivity contribution is 6.12. The van der Waals surface area contributed by atoms with Crippen LogP contribution in [0.15, 0.2) is 231 Å². The first-order valence-electron chi connectivity index (χ1n) is 22.4. The van der Waals surface area contributed by atoms with Crippen LogP contribution < -0.4 is 9.80 Å². The summed E-state index contributed by atoms with van der Waals surface area (Å²) in [5.41, 5.74) is 22.0. The molecule has 0 saturated carbocycles.